The number of amides is 1. The fourth-order valence-corrected chi connectivity index (χ4v) is 8.26. The van der Waals surface area contributed by atoms with Gasteiger partial charge in [0, 0.05) is 42.1 Å². The summed E-state index contributed by atoms with van der Waals surface area (Å²) in [6, 6.07) is 11.0. The van der Waals surface area contributed by atoms with Crippen molar-refractivity contribution < 1.29 is 26.4 Å². The second-order valence-corrected chi connectivity index (χ2v) is 14.1. The molecule has 0 bridgehead atoms. The highest BCUT2D eigenvalue weighted by molar-refractivity contribution is 7.89. The van der Waals surface area contributed by atoms with Crippen molar-refractivity contribution in [2.75, 3.05) is 39.3 Å². The number of hydrogen-bond donors (Lipinski definition) is 1. The Balaban J connectivity index is 1.18. The maximum atomic E-state index is 12.8. The Kier molecular flexibility index (Phi) is 9.59. The van der Waals surface area contributed by atoms with E-state index in [1.54, 1.807) is 24.3 Å². The zero-order chi connectivity index (χ0) is 27.3. The molecule has 1 amide bonds. The first-order valence-electron chi connectivity index (χ1n) is 12.5. The number of benzene rings is 2. The number of hydrogen-bond acceptors (Lipinski definition) is 6. The molecule has 1 N–H and O–H groups in total. The number of sulfonamides is 2. The van der Waals surface area contributed by atoms with Gasteiger partial charge in [-0.15, -0.1) is 0 Å². The third-order valence-corrected chi connectivity index (χ3v) is 11.1. The summed E-state index contributed by atoms with van der Waals surface area (Å²) in [6.07, 6.45) is 2.61. The molecular formula is C25H31Cl2N3O6S2. The van der Waals surface area contributed by atoms with Gasteiger partial charge < -0.3 is 10.1 Å². The number of rotatable bonds is 10. The third kappa shape index (κ3) is 7.19. The average molecular weight is 605 g/mol. The summed E-state index contributed by atoms with van der Waals surface area (Å²) in [5.41, 5.74) is 0.485. The fourth-order valence-electron chi connectivity index (χ4n) is 4.60. The minimum absolute atomic E-state index is 0.140. The summed E-state index contributed by atoms with van der Waals surface area (Å²) in [6.45, 7) is 2.11. The van der Waals surface area contributed by atoms with E-state index in [1.807, 2.05) is 0 Å². The van der Waals surface area contributed by atoms with Crippen LogP contribution in [0.3, 0.4) is 0 Å². The van der Waals surface area contributed by atoms with E-state index in [4.69, 9.17) is 27.9 Å². The van der Waals surface area contributed by atoms with Gasteiger partial charge in [0.1, 0.15) is 12.4 Å². The SMILES string of the molecule is O=C(NCCOc1ccc(S(=O)(=O)N2CCCC2)cc1)C1CCN(S(=O)(=O)Cc2ccc(Cl)cc2Cl)CC1. The van der Waals surface area contributed by atoms with Crippen LogP contribution in [-0.2, 0) is 30.6 Å². The maximum absolute atomic E-state index is 12.8. The van der Waals surface area contributed by atoms with E-state index in [2.05, 4.69) is 5.32 Å². The van der Waals surface area contributed by atoms with Gasteiger partial charge in [-0.05, 0) is 67.6 Å². The highest BCUT2D eigenvalue weighted by Crippen LogP contribution is 2.27. The zero-order valence-electron chi connectivity index (χ0n) is 20.8. The molecule has 2 aromatic rings. The van der Waals surface area contributed by atoms with Gasteiger partial charge in [-0.25, -0.2) is 21.1 Å². The van der Waals surface area contributed by atoms with Crippen LogP contribution in [-0.4, -0.2) is 70.7 Å². The van der Waals surface area contributed by atoms with Gasteiger partial charge in [-0.3, -0.25) is 4.79 Å². The largest absolute Gasteiger partial charge is 0.492 e. The number of halogens is 2. The zero-order valence-corrected chi connectivity index (χ0v) is 24.0. The van der Waals surface area contributed by atoms with Crippen LogP contribution >= 0.6 is 23.2 Å². The van der Waals surface area contributed by atoms with Crippen LogP contribution in [0.5, 0.6) is 5.75 Å². The van der Waals surface area contributed by atoms with Crippen LogP contribution < -0.4 is 10.1 Å². The molecule has 0 atom stereocenters. The van der Waals surface area contributed by atoms with E-state index in [1.165, 1.54) is 26.8 Å². The first-order chi connectivity index (χ1) is 18.1. The first kappa shape index (κ1) is 29.1. The maximum Gasteiger partial charge on any atom is 0.243 e. The third-order valence-electron chi connectivity index (χ3n) is 6.77. The summed E-state index contributed by atoms with van der Waals surface area (Å²) in [7, 11) is -7.04. The van der Waals surface area contributed by atoms with Crippen molar-refractivity contribution in [2.45, 2.75) is 36.3 Å². The van der Waals surface area contributed by atoms with Crippen LogP contribution in [0.2, 0.25) is 10.0 Å². The average Bonchev–Trinajstić information content (AvgIpc) is 3.45. The molecule has 4 rings (SSSR count). The topological polar surface area (TPSA) is 113 Å². The van der Waals surface area contributed by atoms with Crippen molar-refractivity contribution in [3.05, 3.63) is 58.1 Å². The van der Waals surface area contributed by atoms with E-state index < -0.39 is 20.0 Å². The molecule has 208 valence electrons. The second kappa shape index (κ2) is 12.5. The molecule has 0 saturated carbocycles. The molecule has 13 heteroatoms. The summed E-state index contributed by atoms with van der Waals surface area (Å²) in [4.78, 5) is 12.8. The Morgan fingerprint density at radius 1 is 0.921 bits per heavy atom. The predicted molar refractivity (Wildman–Crippen MR) is 146 cm³/mol. The van der Waals surface area contributed by atoms with Gasteiger partial charge in [0.15, 0.2) is 0 Å². The molecule has 0 aliphatic carbocycles. The lowest BCUT2D eigenvalue weighted by atomic mass is 9.97. The van der Waals surface area contributed by atoms with Crippen molar-refractivity contribution in [2.24, 2.45) is 5.92 Å². The lowest BCUT2D eigenvalue weighted by molar-refractivity contribution is -0.126. The number of piperidine rings is 1. The normalized spacial score (nSPS) is 17.9. The van der Waals surface area contributed by atoms with Crippen LogP contribution in [0.15, 0.2) is 47.4 Å². The van der Waals surface area contributed by atoms with Crippen LogP contribution in [0.1, 0.15) is 31.2 Å². The predicted octanol–water partition coefficient (Wildman–Crippen LogP) is 3.51. The Morgan fingerprint density at radius 2 is 1.58 bits per heavy atom. The van der Waals surface area contributed by atoms with Gasteiger partial charge in [0.05, 0.1) is 17.2 Å². The first-order valence-corrected chi connectivity index (χ1v) is 16.3. The highest BCUT2D eigenvalue weighted by atomic mass is 35.5. The molecule has 2 aliphatic rings. The lowest BCUT2D eigenvalue weighted by Gasteiger charge is -2.30. The summed E-state index contributed by atoms with van der Waals surface area (Å²) >= 11 is 12.0. The lowest BCUT2D eigenvalue weighted by Crippen LogP contribution is -2.44. The molecule has 9 nitrogen and oxygen atoms in total. The van der Waals surface area contributed by atoms with Gasteiger partial charge in [-0.2, -0.15) is 4.31 Å². The minimum atomic E-state index is -3.58. The molecule has 0 unspecified atom stereocenters. The number of ether oxygens (including phenoxy) is 1. The number of carbonyl (C=O) groups is 1. The Bertz CT molecular complexity index is 1340. The van der Waals surface area contributed by atoms with Crippen molar-refractivity contribution in [3.63, 3.8) is 0 Å². The van der Waals surface area contributed by atoms with Gasteiger partial charge in [-0.1, -0.05) is 29.3 Å². The van der Waals surface area contributed by atoms with E-state index in [9.17, 15) is 21.6 Å². The molecule has 2 heterocycles. The Hall–Kier alpha value is -1.89. The molecular weight excluding hydrogens is 573 g/mol. The van der Waals surface area contributed by atoms with Gasteiger partial charge in [0.2, 0.25) is 26.0 Å². The summed E-state index contributed by atoms with van der Waals surface area (Å²) in [5, 5.41) is 3.58. The molecule has 0 aromatic heterocycles. The monoisotopic (exact) mass is 603 g/mol. The van der Waals surface area contributed by atoms with Crippen LogP contribution in [0, 0.1) is 5.92 Å². The standard InChI is InChI=1S/C25H31Cl2N3O6S2/c26-21-4-3-20(24(27)17-21)18-37(32,33)29-14-9-19(10-15-29)25(31)28-11-16-36-22-5-7-23(8-6-22)38(34,35)30-12-1-2-13-30/h3-8,17,19H,1-2,9-16,18H2,(H,28,31). The van der Waals surface area contributed by atoms with Crippen molar-refractivity contribution in [1.29, 1.82) is 0 Å². The van der Waals surface area contributed by atoms with Crippen molar-refractivity contribution in [3.8, 4) is 5.75 Å². The van der Waals surface area contributed by atoms with Crippen LogP contribution in [0.4, 0.5) is 0 Å². The van der Waals surface area contributed by atoms with Gasteiger partial charge in [0.25, 0.3) is 0 Å². The fraction of sp³-hybridized carbons (Fsp3) is 0.480. The quantitative estimate of drug-likeness (QED) is 0.416. The number of nitrogens with zero attached hydrogens (tertiary/aromatic N) is 2. The molecule has 2 aliphatic heterocycles. The smallest absolute Gasteiger partial charge is 0.243 e. The molecule has 0 radical (unpaired) electrons. The second-order valence-electron chi connectivity index (χ2n) is 9.39. The van der Waals surface area contributed by atoms with E-state index in [0.717, 1.165) is 12.8 Å². The summed E-state index contributed by atoms with van der Waals surface area (Å²) < 4.78 is 59.4. The Labute approximate surface area is 234 Å². The number of nitrogens with one attached hydrogen (secondary N) is 1. The van der Waals surface area contributed by atoms with Crippen molar-refractivity contribution >= 4 is 49.2 Å². The van der Waals surface area contributed by atoms with Gasteiger partial charge >= 0.3 is 0 Å². The van der Waals surface area contributed by atoms with Crippen molar-refractivity contribution in [1.82, 2.24) is 13.9 Å². The Morgan fingerprint density at radius 3 is 2.21 bits per heavy atom. The number of carbonyl (C=O) groups excluding carboxylic acids is 1. The van der Waals surface area contributed by atoms with E-state index in [0.29, 0.717) is 47.3 Å². The molecule has 2 aromatic carbocycles. The van der Waals surface area contributed by atoms with E-state index >= 15 is 0 Å². The molecule has 38 heavy (non-hydrogen) atoms. The molecule has 0 spiro atoms. The van der Waals surface area contributed by atoms with Crippen LogP contribution in [0.25, 0.3) is 0 Å². The van der Waals surface area contributed by atoms with E-state index in [-0.39, 0.29) is 48.7 Å². The summed E-state index contributed by atoms with van der Waals surface area (Å²) in [5.74, 6) is -0.129. The minimum Gasteiger partial charge on any atom is -0.492 e. The molecule has 2 saturated heterocycles. The molecule has 2 fully saturated rings. The highest BCUT2D eigenvalue weighted by Gasteiger charge is 2.31.